The Bertz CT molecular complexity index is 1150. The van der Waals surface area contributed by atoms with Gasteiger partial charge in [-0.25, -0.2) is 50.8 Å². The fourth-order valence-corrected chi connectivity index (χ4v) is 2.84. The molecule has 0 aliphatic heterocycles. The predicted molar refractivity (Wildman–Crippen MR) is 123 cm³/mol. The number of rotatable bonds is 15. The predicted octanol–water partition coefficient (Wildman–Crippen LogP) is -4.36. The van der Waals surface area contributed by atoms with Gasteiger partial charge < -0.3 is 39.2 Å². The molecule has 0 saturated carbocycles. The molecule has 210 valence electrons. The number of carbonyl (C=O) groups excluding carboxylic acids is 3. The number of aliphatic hydroxyl groups excluding tert-OH is 3. The van der Waals surface area contributed by atoms with Gasteiger partial charge in [-0.1, -0.05) is 0 Å². The normalized spacial score (nSPS) is 12.6. The van der Waals surface area contributed by atoms with Crippen LogP contribution in [0.25, 0.3) is 9.69 Å². The van der Waals surface area contributed by atoms with E-state index < -0.39 is 112 Å². The van der Waals surface area contributed by atoms with E-state index in [0.717, 1.165) is 0 Å². The van der Waals surface area contributed by atoms with E-state index in [2.05, 4.69) is 23.9 Å². The zero-order valence-electron chi connectivity index (χ0n) is 20.3. The molecule has 3 N–H and O–H groups in total. The molecular formula is C21H24N6O12. The summed E-state index contributed by atoms with van der Waals surface area (Å²) >= 11 is 0. The van der Waals surface area contributed by atoms with Gasteiger partial charge in [0.2, 0.25) is 0 Å². The van der Waals surface area contributed by atoms with Crippen molar-refractivity contribution in [3.8, 4) is 6.07 Å². The lowest BCUT2D eigenvalue weighted by Gasteiger charge is -2.19. The highest BCUT2D eigenvalue weighted by Gasteiger charge is 2.23. The van der Waals surface area contributed by atoms with Gasteiger partial charge in [-0.05, 0) is 0 Å². The van der Waals surface area contributed by atoms with Crippen molar-refractivity contribution in [1.29, 1.82) is 5.26 Å². The van der Waals surface area contributed by atoms with E-state index in [9.17, 15) is 44.1 Å². The van der Waals surface area contributed by atoms with Gasteiger partial charge >= 0.3 is 48.1 Å². The van der Waals surface area contributed by atoms with Gasteiger partial charge in [0.05, 0.1) is 25.7 Å². The molecular weight excluding hydrogens is 528 g/mol. The SMILES string of the molecule is [C-]#[N+]CC(=O)OCC(O)Cn1c(=O)n(CC(O)COC(=O)CC#N)c(=O)n(CC(O)COC(=O)C[N+]#[C-])c1=O. The zero-order valence-corrected chi connectivity index (χ0v) is 20.3. The maximum absolute atomic E-state index is 12.9. The van der Waals surface area contributed by atoms with Crippen molar-refractivity contribution in [2.75, 3.05) is 32.9 Å². The standard InChI is InChI=1S/C21H24N6O12/c1-23-5-17(32)38-11-14(29)8-26-19(34)25(7-13(28)10-37-16(31)3-4-22)20(35)27(21(26)36)9-15(30)12-39-18(33)6-24-2/h13-15,28-30H,3,5-12H2. The summed E-state index contributed by atoms with van der Waals surface area (Å²) in [6.45, 7) is 7.25. The van der Waals surface area contributed by atoms with Crippen LogP contribution in [0.4, 0.5) is 0 Å². The Morgan fingerprint density at radius 1 is 0.718 bits per heavy atom. The Labute approximate surface area is 219 Å². The van der Waals surface area contributed by atoms with Crippen LogP contribution in [-0.2, 0) is 48.2 Å². The van der Waals surface area contributed by atoms with Crippen molar-refractivity contribution >= 4 is 17.9 Å². The number of hydrogen-bond donors (Lipinski definition) is 3. The van der Waals surface area contributed by atoms with Crippen molar-refractivity contribution < 1.29 is 43.9 Å². The molecule has 0 aliphatic carbocycles. The number of carbonyl (C=O) groups is 3. The second-order valence-electron chi connectivity index (χ2n) is 7.66. The Morgan fingerprint density at radius 2 is 1.03 bits per heavy atom. The van der Waals surface area contributed by atoms with Gasteiger partial charge in [0.1, 0.15) is 44.6 Å². The van der Waals surface area contributed by atoms with Gasteiger partial charge in [0.25, 0.3) is 0 Å². The molecule has 1 rings (SSSR count). The molecule has 18 heteroatoms. The summed E-state index contributed by atoms with van der Waals surface area (Å²) in [4.78, 5) is 78.4. The zero-order chi connectivity index (χ0) is 29.5. The van der Waals surface area contributed by atoms with Gasteiger partial charge in [-0.15, -0.1) is 0 Å². The molecule has 3 unspecified atom stereocenters. The first-order valence-electron chi connectivity index (χ1n) is 10.9. The first kappa shape index (κ1) is 32.2. The topological polar surface area (TPSA) is 238 Å². The van der Waals surface area contributed by atoms with E-state index in [1.807, 2.05) is 0 Å². The minimum atomic E-state index is -1.67. The van der Waals surface area contributed by atoms with E-state index in [4.69, 9.17) is 18.4 Å². The highest BCUT2D eigenvalue weighted by molar-refractivity contribution is 5.73. The van der Waals surface area contributed by atoms with Crippen molar-refractivity contribution in [2.24, 2.45) is 0 Å². The molecule has 0 saturated heterocycles. The molecule has 39 heavy (non-hydrogen) atoms. The van der Waals surface area contributed by atoms with Gasteiger partial charge in [0.15, 0.2) is 0 Å². The molecule has 0 amide bonds. The molecule has 0 bridgehead atoms. The molecule has 0 radical (unpaired) electrons. The molecule has 18 nitrogen and oxygen atoms in total. The number of nitrogens with zero attached hydrogens (tertiary/aromatic N) is 6. The van der Waals surface area contributed by atoms with Gasteiger partial charge in [0, 0.05) is 0 Å². The second kappa shape index (κ2) is 16.1. The Hall–Kier alpha value is -4.83. The number of aliphatic hydroxyl groups is 3. The highest BCUT2D eigenvalue weighted by atomic mass is 16.6. The minimum Gasteiger partial charge on any atom is -0.462 e. The summed E-state index contributed by atoms with van der Waals surface area (Å²) in [5.41, 5.74) is -3.98. The number of esters is 3. The molecule has 0 aliphatic rings. The maximum atomic E-state index is 12.9. The monoisotopic (exact) mass is 552 g/mol. The number of hydrogen-bond acceptors (Lipinski definition) is 13. The van der Waals surface area contributed by atoms with Crippen LogP contribution in [0, 0.1) is 24.5 Å². The third-order valence-corrected chi connectivity index (χ3v) is 4.52. The molecule has 0 spiro atoms. The summed E-state index contributed by atoms with van der Waals surface area (Å²) in [7, 11) is 0. The van der Waals surface area contributed by atoms with Crippen molar-refractivity contribution in [2.45, 2.75) is 44.4 Å². The lowest BCUT2D eigenvalue weighted by molar-refractivity contribution is -0.146. The molecule has 3 atom stereocenters. The molecule has 1 aromatic heterocycles. The van der Waals surface area contributed by atoms with Gasteiger partial charge in [-0.2, -0.15) is 5.26 Å². The lowest BCUT2D eigenvalue weighted by Crippen LogP contribution is -2.57. The summed E-state index contributed by atoms with van der Waals surface area (Å²) in [5.74, 6) is -2.95. The van der Waals surface area contributed by atoms with E-state index in [1.165, 1.54) is 6.07 Å². The highest BCUT2D eigenvalue weighted by Crippen LogP contribution is 1.95. The Kier molecular flexibility index (Phi) is 13.3. The summed E-state index contributed by atoms with van der Waals surface area (Å²) < 4.78 is 15.0. The first-order valence-corrected chi connectivity index (χ1v) is 10.9. The molecule has 1 aromatic rings. The quantitative estimate of drug-likeness (QED) is 0.106. The van der Waals surface area contributed by atoms with Crippen LogP contribution in [0.3, 0.4) is 0 Å². The van der Waals surface area contributed by atoms with E-state index in [-0.39, 0.29) is 0 Å². The number of aromatic nitrogens is 3. The average Bonchev–Trinajstić information content (AvgIpc) is 2.88. The fraction of sp³-hybridized carbons (Fsp3) is 0.571. The average molecular weight is 552 g/mol. The maximum Gasteiger partial charge on any atom is 0.387 e. The third-order valence-electron chi connectivity index (χ3n) is 4.52. The van der Waals surface area contributed by atoms with Crippen LogP contribution in [0.15, 0.2) is 14.4 Å². The van der Waals surface area contributed by atoms with Crippen LogP contribution in [0.2, 0.25) is 0 Å². The fourth-order valence-electron chi connectivity index (χ4n) is 2.84. The van der Waals surface area contributed by atoms with Crippen LogP contribution in [0.5, 0.6) is 0 Å². The lowest BCUT2D eigenvalue weighted by atomic mass is 10.3. The largest absolute Gasteiger partial charge is 0.462 e. The summed E-state index contributed by atoms with van der Waals surface area (Å²) in [5, 5.41) is 39.0. The van der Waals surface area contributed by atoms with Gasteiger partial charge in [-0.3, -0.25) is 4.79 Å². The third kappa shape index (κ3) is 10.6. The van der Waals surface area contributed by atoms with Crippen LogP contribution in [-0.4, -0.2) is 98.2 Å². The Morgan fingerprint density at radius 3 is 1.31 bits per heavy atom. The summed E-state index contributed by atoms with van der Waals surface area (Å²) in [6.07, 6.45) is -5.63. The minimum absolute atomic E-state index is 0.347. The second-order valence-corrected chi connectivity index (χ2v) is 7.66. The van der Waals surface area contributed by atoms with Crippen LogP contribution in [0.1, 0.15) is 6.42 Å². The van der Waals surface area contributed by atoms with Crippen molar-refractivity contribution in [3.63, 3.8) is 0 Å². The van der Waals surface area contributed by atoms with Crippen molar-refractivity contribution in [3.05, 3.63) is 54.3 Å². The van der Waals surface area contributed by atoms with Crippen LogP contribution < -0.4 is 17.1 Å². The number of ether oxygens (including phenoxy) is 3. The summed E-state index contributed by atoms with van der Waals surface area (Å²) in [6, 6.07) is 1.52. The van der Waals surface area contributed by atoms with Crippen molar-refractivity contribution in [1.82, 2.24) is 13.7 Å². The molecule has 0 aromatic carbocycles. The first-order chi connectivity index (χ1) is 18.4. The van der Waals surface area contributed by atoms with E-state index in [0.29, 0.717) is 13.7 Å². The van der Waals surface area contributed by atoms with Crippen LogP contribution >= 0.6 is 0 Å². The molecule has 0 fully saturated rings. The molecule has 1 heterocycles. The van der Waals surface area contributed by atoms with E-state index in [1.54, 1.807) is 0 Å². The number of nitriles is 1. The van der Waals surface area contributed by atoms with E-state index >= 15 is 0 Å². The Balaban J connectivity index is 3.31. The smallest absolute Gasteiger partial charge is 0.387 e.